The summed E-state index contributed by atoms with van der Waals surface area (Å²) in [6.07, 6.45) is 1.48. The normalized spacial score (nSPS) is 10.8. The van der Waals surface area contributed by atoms with Gasteiger partial charge in [-0.25, -0.2) is 5.43 Å². The largest absolute Gasteiger partial charge is 0.493 e. The van der Waals surface area contributed by atoms with Crippen LogP contribution in [0.2, 0.25) is 0 Å². The summed E-state index contributed by atoms with van der Waals surface area (Å²) in [6, 6.07) is 14.1. The number of aromatic nitrogens is 1. The third kappa shape index (κ3) is 4.32. The summed E-state index contributed by atoms with van der Waals surface area (Å²) >= 11 is 0. The van der Waals surface area contributed by atoms with Gasteiger partial charge < -0.3 is 9.47 Å². The molecule has 0 saturated carbocycles. The highest BCUT2D eigenvalue weighted by atomic mass is 16.6. The molecule has 0 fully saturated rings. The second kappa shape index (κ2) is 8.30. The molecule has 0 bridgehead atoms. The van der Waals surface area contributed by atoms with Gasteiger partial charge in [-0.2, -0.15) is 5.10 Å². The van der Waals surface area contributed by atoms with E-state index < -0.39 is 5.97 Å². The van der Waals surface area contributed by atoms with E-state index in [1.165, 1.54) is 20.2 Å². The monoisotopic (exact) mass is 377 g/mol. The van der Waals surface area contributed by atoms with Gasteiger partial charge in [0.15, 0.2) is 11.5 Å². The van der Waals surface area contributed by atoms with Crippen molar-refractivity contribution in [3.8, 4) is 11.5 Å². The van der Waals surface area contributed by atoms with Gasteiger partial charge in [-0.15, -0.1) is 0 Å². The molecule has 0 saturated heterocycles. The molecule has 0 aliphatic rings. The Labute approximate surface area is 162 Å². The van der Waals surface area contributed by atoms with Crippen LogP contribution < -0.4 is 14.9 Å². The van der Waals surface area contributed by atoms with E-state index in [1.54, 1.807) is 24.3 Å². The summed E-state index contributed by atoms with van der Waals surface area (Å²) < 4.78 is 10.3. The summed E-state index contributed by atoms with van der Waals surface area (Å²) in [6.45, 7) is 3.15. The summed E-state index contributed by atoms with van der Waals surface area (Å²) in [5.74, 6) is -0.0653. The number of aryl methyl sites for hydroxylation is 1. The number of amides is 1. The van der Waals surface area contributed by atoms with Crippen LogP contribution in [0.25, 0.3) is 10.9 Å². The average Bonchev–Trinajstić information content (AvgIpc) is 2.67. The number of para-hydroxylation sites is 1. The summed E-state index contributed by atoms with van der Waals surface area (Å²) in [5.41, 5.74) is 5.20. The Bertz CT molecular complexity index is 1080. The minimum Gasteiger partial charge on any atom is -0.493 e. The van der Waals surface area contributed by atoms with Crippen molar-refractivity contribution in [2.45, 2.75) is 13.8 Å². The molecule has 0 atom stereocenters. The van der Waals surface area contributed by atoms with Gasteiger partial charge in [0.2, 0.25) is 0 Å². The van der Waals surface area contributed by atoms with Gasteiger partial charge in [0.1, 0.15) is 0 Å². The lowest BCUT2D eigenvalue weighted by Crippen LogP contribution is -2.18. The maximum Gasteiger partial charge on any atom is 0.308 e. The molecule has 0 aliphatic carbocycles. The van der Waals surface area contributed by atoms with Gasteiger partial charge in [-0.05, 0) is 42.8 Å². The van der Waals surface area contributed by atoms with Crippen molar-refractivity contribution in [3.63, 3.8) is 0 Å². The van der Waals surface area contributed by atoms with Gasteiger partial charge in [0, 0.05) is 18.0 Å². The molecule has 142 valence electrons. The summed E-state index contributed by atoms with van der Waals surface area (Å²) in [7, 11) is 1.47. The first kappa shape index (κ1) is 19.0. The lowest BCUT2D eigenvalue weighted by molar-refractivity contribution is -0.132. The number of benzene rings is 2. The molecule has 0 spiro atoms. The smallest absolute Gasteiger partial charge is 0.308 e. The standard InChI is InChI=1S/C21H19N3O4/c1-13-10-17(16-6-4-5-7-18(16)23-13)21(26)24-22-12-15-8-9-19(28-14(2)25)20(11-15)27-3/h4-12H,1-3H3,(H,24,26)/b22-12+. The summed E-state index contributed by atoms with van der Waals surface area (Å²) in [5, 5.41) is 4.77. The zero-order valence-corrected chi connectivity index (χ0v) is 15.7. The SMILES string of the molecule is COc1cc(/C=N/NC(=O)c2cc(C)nc3ccccc23)ccc1OC(C)=O. The number of methoxy groups -OCH3 is 1. The average molecular weight is 377 g/mol. The first-order valence-corrected chi connectivity index (χ1v) is 8.54. The van der Waals surface area contributed by atoms with E-state index in [-0.39, 0.29) is 5.91 Å². The van der Waals surface area contributed by atoms with E-state index in [0.717, 1.165) is 16.6 Å². The number of nitrogens with one attached hydrogen (secondary N) is 1. The lowest BCUT2D eigenvalue weighted by Gasteiger charge is -2.08. The molecule has 3 rings (SSSR count). The van der Waals surface area contributed by atoms with E-state index in [4.69, 9.17) is 9.47 Å². The van der Waals surface area contributed by atoms with E-state index in [9.17, 15) is 9.59 Å². The third-order valence-electron chi connectivity index (χ3n) is 3.91. The van der Waals surface area contributed by atoms with Crippen molar-refractivity contribution in [1.29, 1.82) is 0 Å². The number of hydrogen-bond acceptors (Lipinski definition) is 6. The number of carbonyl (C=O) groups is 2. The van der Waals surface area contributed by atoms with Crippen molar-refractivity contribution in [3.05, 3.63) is 65.4 Å². The van der Waals surface area contributed by atoms with Crippen LogP contribution in [0.5, 0.6) is 11.5 Å². The number of esters is 1. The van der Waals surface area contributed by atoms with Crippen molar-refractivity contribution in [2.24, 2.45) is 5.10 Å². The molecule has 1 N–H and O–H groups in total. The Morgan fingerprint density at radius 3 is 2.64 bits per heavy atom. The minimum atomic E-state index is -0.438. The highest BCUT2D eigenvalue weighted by Crippen LogP contribution is 2.27. The molecule has 1 heterocycles. The number of nitrogens with zero attached hydrogens (tertiary/aromatic N) is 2. The van der Waals surface area contributed by atoms with E-state index in [2.05, 4.69) is 15.5 Å². The van der Waals surface area contributed by atoms with Gasteiger partial charge in [0.05, 0.1) is 24.4 Å². The fourth-order valence-electron chi connectivity index (χ4n) is 2.72. The highest BCUT2D eigenvalue weighted by molar-refractivity contribution is 6.06. The topological polar surface area (TPSA) is 89.9 Å². The summed E-state index contributed by atoms with van der Waals surface area (Å²) in [4.78, 5) is 28.1. The van der Waals surface area contributed by atoms with Crippen molar-refractivity contribution in [2.75, 3.05) is 7.11 Å². The quantitative estimate of drug-likeness (QED) is 0.319. The van der Waals surface area contributed by atoms with Gasteiger partial charge in [-0.1, -0.05) is 18.2 Å². The van der Waals surface area contributed by atoms with E-state index in [0.29, 0.717) is 22.6 Å². The van der Waals surface area contributed by atoms with Crippen LogP contribution >= 0.6 is 0 Å². The number of ether oxygens (including phenoxy) is 2. The zero-order chi connectivity index (χ0) is 20.1. The molecular weight excluding hydrogens is 358 g/mol. The van der Waals surface area contributed by atoms with Crippen LogP contribution in [0.1, 0.15) is 28.5 Å². The fourth-order valence-corrected chi connectivity index (χ4v) is 2.72. The van der Waals surface area contributed by atoms with Crippen LogP contribution in [0.4, 0.5) is 0 Å². The molecule has 7 heteroatoms. The maximum atomic E-state index is 12.6. The third-order valence-corrected chi connectivity index (χ3v) is 3.91. The number of hydrazone groups is 1. The molecular formula is C21H19N3O4. The Kier molecular flexibility index (Phi) is 5.64. The molecule has 0 unspecified atom stereocenters. The number of pyridine rings is 1. The van der Waals surface area contributed by atoms with Crippen LogP contribution in [0.3, 0.4) is 0 Å². The molecule has 7 nitrogen and oxygen atoms in total. The van der Waals surface area contributed by atoms with Gasteiger partial charge in [0.25, 0.3) is 5.91 Å². The number of hydrogen-bond donors (Lipinski definition) is 1. The van der Waals surface area contributed by atoms with Crippen LogP contribution in [-0.2, 0) is 4.79 Å². The highest BCUT2D eigenvalue weighted by Gasteiger charge is 2.11. The van der Waals surface area contributed by atoms with Crippen LogP contribution in [-0.4, -0.2) is 30.2 Å². The van der Waals surface area contributed by atoms with Crippen molar-refractivity contribution < 1.29 is 19.1 Å². The Morgan fingerprint density at radius 2 is 1.89 bits per heavy atom. The lowest BCUT2D eigenvalue weighted by atomic mass is 10.1. The Morgan fingerprint density at radius 1 is 1.11 bits per heavy atom. The molecule has 1 aromatic heterocycles. The fraction of sp³-hybridized carbons (Fsp3) is 0.143. The van der Waals surface area contributed by atoms with Gasteiger partial charge in [-0.3, -0.25) is 14.6 Å². The zero-order valence-electron chi connectivity index (χ0n) is 15.7. The molecule has 3 aromatic rings. The molecule has 28 heavy (non-hydrogen) atoms. The second-order valence-electron chi connectivity index (χ2n) is 6.03. The van der Waals surface area contributed by atoms with Crippen molar-refractivity contribution in [1.82, 2.24) is 10.4 Å². The number of rotatable bonds is 5. The molecule has 1 amide bonds. The molecule has 0 radical (unpaired) electrons. The first-order chi connectivity index (χ1) is 13.5. The second-order valence-corrected chi connectivity index (χ2v) is 6.03. The molecule has 2 aromatic carbocycles. The number of carbonyl (C=O) groups excluding carboxylic acids is 2. The predicted molar refractivity (Wildman–Crippen MR) is 106 cm³/mol. The van der Waals surface area contributed by atoms with Gasteiger partial charge >= 0.3 is 5.97 Å². The van der Waals surface area contributed by atoms with Crippen molar-refractivity contribution >= 4 is 29.0 Å². The molecule has 0 aliphatic heterocycles. The predicted octanol–water partition coefficient (Wildman–Crippen LogP) is 3.24. The van der Waals surface area contributed by atoms with E-state index in [1.807, 2.05) is 31.2 Å². The first-order valence-electron chi connectivity index (χ1n) is 8.54. The Balaban J connectivity index is 1.78. The Hall–Kier alpha value is -3.74. The van der Waals surface area contributed by atoms with Crippen LogP contribution in [0, 0.1) is 6.92 Å². The van der Waals surface area contributed by atoms with Crippen LogP contribution in [0.15, 0.2) is 53.6 Å². The number of fused-ring (bicyclic) bond motifs is 1. The maximum absolute atomic E-state index is 12.6. The minimum absolute atomic E-state index is 0.315. The van der Waals surface area contributed by atoms with E-state index >= 15 is 0 Å².